The fourth-order valence-corrected chi connectivity index (χ4v) is 2.77. The number of hydrogen-bond donors (Lipinski definition) is 1. The summed E-state index contributed by atoms with van der Waals surface area (Å²) < 4.78 is 0. The maximum Gasteiger partial charge on any atom is 0.0465 e. The van der Waals surface area contributed by atoms with Crippen molar-refractivity contribution in [2.75, 3.05) is 13.1 Å². The second kappa shape index (κ2) is 11.1. The summed E-state index contributed by atoms with van der Waals surface area (Å²) in [6, 6.07) is 0. The molecule has 0 aromatic heterocycles. The Morgan fingerprint density at radius 2 is 1.50 bits per heavy atom. The van der Waals surface area contributed by atoms with Crippen LogP contribution in [0.1, 0.15) is 79.1 Å². The van der Waals surface area contributed by atoms with E-state index < -0.39 is 0 Å². The van der Waals surface area contributed by atoms with Crippen molar-refractivity contribution >= 4 is 11.6 Å². The van der Waals surface area contributed by atoms with Crippen LogP contribution in [0.15, 0.2) is 0 Å². The molecule has 0 spiro atoms. The zero-order valence-corrected chi connectivity index (χ0v) is 13.8. The topological polar surface area (TPSA) is 12.0 Å². The average molecular weight is 276 g/mol. The second-order valence-corrected chi connectivity index (χ2v) is 7.30. The molecule has 0 fully saturated rings. The van der Waals surface area contributed by atoms with Gasteiger partial charge in [-0.2, -0.15) is 0 Å². The highest BCUT2D eigenvalue weighted by atomic mass is 35.5. The molecule has 0 rings (SSSR count). The minimum atomic E-state index is 0.273. The first kappa shape index (κ1) is 18.2. The van der Waals surface area contributed by atoms with Crippen molar-refractivity contribution in [2.45, 2.75) is 84.4 Å². The van der Waals surface area contributed by atoms with Crippen LogP contribution >= 0.6 is 11.6 Å². The summed E-state index contributed by atoms with van der Waals surface area (Å²) in [5.74, 6) is 0. The van der Waals surface area contributed by atoms with Gasteiger partial charge in [0, 0.05) is 11.9 Å². The quantitative estimate of drug-likeness (QED) is 0.395. The van der Waals surface area contributed by atoms with Crippen molar-refractivity contribution in [3.05, 3.63) is 0 Å². The van der Waals surface area contributed by atoms with Gasteiger partial charge in [0.1, 0.15) is 0 Å². The molecule has 0 aliphatic carbocycles. The molecule has 1 N–H and O–H groups in total. The first-order valence-corrected chi connectivity index (χ1v) is 8.24. The third-order valence-corrected chi connectivity index (χ3v) is 3.47. The van der Waals surface area contributed by atoms with Gasteiger partial charge in [0.15, 0.2) is 0 Å². The van der Waals surface area contributed by atoms with Crippen LogP contribution in [0.3, 0.4) is 0 Å². The molecule has 2 heteroatoms. The van der Waals surface area contributed by atoms with Gasteiger partial charge in [-0.05, 0) is 24.8 Å². The van der Waals surface area contributed by atoms with E-state index in [2.05, 4.69) is 33.0 Å². The van der Waals surface area contributed by atoms with E-state index >= 15 is 0 Å². The summed E-state index contributed by atoms with van der Waals surface area (Å²) in [7, 11) is 0. The predicted molar refractivity (Wildman–Crippen MR) is 84.6 cm³/mol. The molecule has 0 radical (unpaired) electrons. The number of alkyl halides is 1. The van der Waals surface area contributed by atoms with Crippen LogP contribution in [0.2, 0.25) is 0 Å². The normalized spacial score (nSPS) is 13.8. The van der Waals surface area contributed by atoms with Crippen molar-refractivity contribution < 1.29 is 0 Å². The molecule has 1 nitrogen and oxygen atoms in total. The van der Waals surface area contributed by atoms with Crippen LogP contribution in [0.5, 0.6) is 0 Å². The van der Waals surface area contributed by atoms with Crippen LogP contribution in [-0.4, -0.2) is 18.5 Å². The van der Waals surface area contributed by atoms with E-state index in [9.17, 15) is 0 Å². The highest BCUT2D eigenvalue weighted by molar-refractivity contribution is 6.20. The Hall–Kier alpha value is 0.250. The van der Waals surface area contributed by atoms with Crippen LogP contribution in [0.25, 0.3) is 0 Å². The van der Waals surface area contributed by atoms with Gasteiger partial charge in [0.05, 0.1) is 0 Å². The zero-order chi connectivity index (χ0) is 13.9. The standard InChI is InChI=1S/C16H34ClN/c1-5-6-7-8-9-10-11-12-18-14-15(17)13-16(2,3)4/h15,18H,5-14H2,1-4H3. The Morgan fingerprint density at radius 3 is 2.06 bits per heavy atom. The Labute approximate surface area is 120 Å². The van der Waals surface area contributed by atoms with Crippen LogP contribution < -0.4 is 5.32 Å². The van der Waals surface area contributed by atoms with E-state index in [-0.39, 0.29) is 5.38 Å². The molecule has 0 aliphatic heterocycles. The lowest BCUT2D eigenvalue weighted by Crippen LogP contribution is -2.27. The third kappa shape index (κ3) is 14.3. The molecule has 0 bridgehead atoms. The molecular formula is C16H34ClN. The minimum absolute atomic E-state index is 0.273. The fraction of sp³-hybridized carbons (Fsp3) is 1.00. The SMILES string of the molecule is CCCCCCCCCNCC(Cl)CC(C)(C)C. The Morgan fingerprint density at radius 1 is 0.944 bits per heavy atom. The van der Waals surface area contributed by atoms with Gasteiger partial charge in [-0.15, -0.1) is 11.6 Å². The predicted octanol–water partition coefficient (Wildman–Crippen LogP) is 5.37. The molecule has 110 valence electrons. The average Bonchev–Trinajstić information content (AvgIpc) is 2.24. The summed E-state index contributed by atoms with van der Waals surface area (Å²) in [6.07, 6.45) is 10.7. The molecule has 1 atom stereocenters. The number of rotatable bonds is 11. The maximum absolute atomic E-state index is 6.30. The monoisotopic (exact) mass is 275 g/mol. The van der Waals surface area contributed by atoms with Crippen molar-refractivity contribution in [3.63, 3.8) is 0 Å². The third-order valence-electron chi connectivity index (χ3n) is 3.16. The lowest BCUT2D eigenvalue weighted by molar-refractivity contribution is 0.364. The Kier molecular flexibility index (Phi) is 11.3. The van der Waals surface area contributed by atoms with Gasteiger partial charge >= 0.3 is 0 Å². The molecule has 18 heavy (non-hydrogen) atoms. The van der Waals surface area contributed by atoms with Crippen molar-refractivity contribution in [3.8, 4) is 0 Å². The summed E-state index contributed by atoms with van der Waals surface area (Å²) >= 11 is 6.30. The lowest BCUT2D eigenvalue weighted by atomic mass is 9.90. The number of nitrogens with one attached hydrogen (secondary N) is 1. The molecular weight excluding hydrogens is 242 g/mol. The highest BCUT2D eigenvalue weighted by Gasteiger charge is 2.16. The molecule has 0 heterocycles. The van der Waals surface area contributed by atoms with Crippen LogP contribution in [0, 0.1) is 5.41 Å². The lowest BCUT2D eigenvalue weighted by Gasteiger charge is -2.22. The molecule has 0 aliphatic rings. The van der Waals surface area contributed by atoms with E-state index in [1.807, 2.05) is 0 Å². The van der Waals surface area contributed by atoms with Crippen LogP contribution in [0.4, 0.5) is 0 Å². The Bertz CT molecular complexity index is 174. The summed E-state index contributed by atoms with van der Waals surface area (Å²) in [5, 5.41) is 3.75. The Balaban J connectivity index is 3.20. The van der Waals surface area contributed by atoms with E-state index in [1.165, 1.54) is 44.9 Å². The van der Waals surface area contributed by atoms with Gasteiger partial charge in [0.25, 0.3) is 0 Å². The smallest absolute Gasteiger partial charge is 0.0465 e. The fourth-order valence-electron chi connectivity index (χ4n) is 2.20. The maximum atomic E-state index is 6.30. The van der Waals surface area contributed by atoms with E-state index in [0.717, 1.165) is 19.5 Å². The molecule has 0 saturated heterocycles. The number of unbranched alkanes of at least 4 members (excludes halogenated alkanes) is 6. The number of hydrogen-bond acceptors (Lipinski definition) is 1. The summed E-state index contributed by atoms with van der Waals surface area (Å²) in [6.45, 7) is 11.1. The first-order valence-electron chi connectivity index (χ1n) is 7.80. The van der Waals surface area contributed by atoms with E-state index in [1.54, 1.807) is 0 Å². The van der Waals surface area contributed by atoms with Gasteiger partial charge in [-0.25, -0.2) is 0 Å². The molecule has 0 aromatic carbocycles. The van der Waals surface area contributed by atoms with Crippen molar-refractivity contribution in [2.24, 2.45) is 5.41 Å². The largest absolute Gasteiger partial charge is 0.315 e. The van der Waals surface area contributed by atoms with E-state index in [4.69, 9.17) is 11.6 Å². The van der Waals surface area contributed by atoms with Gasteiger partial charge in [0.2, 0.25) is 0 Å². The van der Waals surface area contributed by atoms with Gasteiger partial charge in [-0.1, -0.05) is 66.2 Å². The minimum Gasteiger partial charge on any atom is -0.315 e. The van der Waals surface area contributed by atoms with Crippen LogP contribution in [-0.2, 0) is 0 Å². The summed E-state index contributed by atoms with van der Waals surface area (Å²) in [4.78, 5) is 0. The number of halogens is 1. The van der Waals surface area contributed by atoms with Gasteiger partial charge in [-0.3, -0.25) is 0 Å². The first-order chi connectivity index (χ1) is 8.45. The molecule has 0 amide bonds. The van der Waals surface area contributed by atoms with Crippen molar-refractivity contribution in [1.29, 1.82) is 0 Å². The molecule has 1 unspecified atom stereocenters. The summed E-state index contributed by atoms with van der Waals surface area (Å²) in [5.41, 5.74) is 0.341. The van der Waals surface area contributed by atoms with Gasteiger partial charge < -0.3 is 5.32 Å². The van der Waals surface area contributed by atoms with Crippen molar-refractivity contribution in [1.82, 2.24) is 5.32 Å². The second-order valence-electron chi connectivity index (χ2n) is 6.69. The molecule has 0 aromatic rings. The van der Waals surface area contributed by atoms with E-state index in [0.29, 0.717) is 5.41 Å². The zero-order valence-electron chi connectivity index (χ0n) is 13.0. The highest BCUT2D eigenvalue weighted by Crippen LogP contribution is 2.23. The molecule has 0 saturated carbocycles.